The van der Waals surface area contributed by atoms with Crippen molar-refractivity contribution in [3.8, 4) is 0 Å². The van der Waals surface area contributed by atoms with Crippen LogP contribution in [0.3, 0.4) is 0 Å². The Kier molecular flexibility index (Phi) is 5.38. The second-order valence-corrected chi connectivity index (χ2v) is 3.95. The van der Waals surface area contributed by atoms with Gasteiger partial charge in [-0.25, -0.2) is 4.79 Å². The maximum Gasteiger partial charge on any atom is 0.328 e. The molecule has 1 aromatic rings. The summed E-state index contributed by atoms with van der Waals surface area (Å²) in [6.07, 6.45) is 1.27. The number of benzene rings is 1. The topological polar surface area (TPSA) is 139 Å². The van der Waals surface area contributed by atoms with E-state index in [1.165, 1.54) is 12.1 Å². The van der Waals surface area contributed by atoms with E-state index in [-0.39, 0.29) is 10.6 Å². The van der Waals surface area contributed by atoms with Crippen molar-refractivity contribution in [2.24, 2.45) is 0 Å². The van der Waals surface area contributed by atoms with Crippen LogP contribution in [0.1, 0.15) is 10.4 Å². The van der Waals surface area contributed by atoms with Crippen LogP contribution < -0.4 is 10.9 Å². The van der Waals surface area contributed by atoms with Crippen LogP contribution >= 0.6 is 11.6 Å². The first-order valence-corrected chi connectivity index (χ1v) is 5.64. The minimum Gasteiger partial charge on any atom is -0.478 e. The van der Waals surface area contributed by atoms with E-state index in [1.54, 1.807) is 0 Å². The molecule has 21 heavy (non-hydrogen) atoms. The Morgan fingerprint density at radius 2 is 1.90 bits per heavy atom. The molecule has 0 saturated heterocycles. The number of aliphatic carboxylic acids is 1. The van der Waals surface area contributed by atoms with E-state index in [2.05, 4.69) is 0 Å². The summed E-state index contributed by atoms with van der Waals surface area (Å²) < 4.78 is 0. The lowest BCUT2D eigenvalue weighted by molar-refractivity contribution is -0.384. The molecule has 0 aliphatic heterocycles. The second kappa shape index (κ2) is 7.01. The Hall–Kier alpha value is -2.94. The van der Waals surface area contributed by atoms with Gasteiger partial charge in [0.1, 0.15) is 5.02 Å². The molecule has 1 rings (SSSR count). The Balaban J connectivity index is 2.73. The van der Waals surface area contributed by atoms with Gasteiger partial charge in [-0.05, 0) is 12.1 Å². The van der Waals surface area contributed by atoms with Crippen molar-refractivity contribution in [2.75, 3.05) is 0 Å². The molecule has 0 spiro atoms. The smallest absolute Gasteiger partial charge is 0.328 e. The highest BCUT2D eigenvalue weighted by molar-refractivity contribution is 6.32. The summed E-state index contributed by atoms with van der Waals surface area (Å²) in [6, 6.07) is 3.33. The van der Waals surface area contributed by atoms with Crippen molar-refractivity contribution in [2.45, 2.75) is 0 Å². The van der Waals surface area contributed by atoms with Crippen LogP contribution in [0.4, 0.5) is 5.69 Å². The van der Waals surface area contributed by atoms with Crippen LogP contribution in [0, 0.1) is 10.1 Å². The lowest BCUT2D eigenvalue weighted by Gasteiger charge is -2.05. The van der Waals surface area contributed by atoms with Gasteiger partial charge < -0.3 is 5.11 Å². The minimum atomic E-state index is -1.33. The van der Waals surface area contributed by atoms with Crippen molar-refractivity contribution in [3.05, 3.63) is 51.1 Å². The molecule has 1 aromatic carbocycles. The van der Waals surface area contributed by atoms with Gasteiger partial charge in [0.25, 0.3) is 17.5 Å². The summed E-state index contributed by atoms with van der Waals surface area (Å²) >= 11 is 5.59. The number of amides is 2. The van der Waals surface area contributed by atoms with Crippen LogP contribution in [-0.4, -0.2) is 27.8 Å². The molecule has 2 amide bonds. The molecule has 0 saturated carbocycles. The van der Waals surface area contributed by atoms with Gasteiger partial charge in [0.15, 0.2) is 0 Å². The number of nitro benzene ring substituents is 1. The van der Waals surface area contributed by atoms with Gasteiger partial charge in [-0.3, -0.25) is 30.6 Å². The van der Waals surface area contributed by atoms with Crippen molar-refractivity contribution in [1.82, 2.24) is 10.9 Å². The van der Waals surface area contributed by atoms with E-state index in [1.807, 2.05) is 10.9 Å². The molecule has 3 N–H and O–H groups in total. The van der Waals surface area contributed by atoms with Gasteiger partial charge in [-0.2, -0.15) is 0 Å². The molecule has 110 valence electrons. The third-order valence-electron chi connectivity index (χ3n) is 2.08. The number of nitrogens with one attached hydrogen (secondary N) is 2. The van der Waals surface area contributed by atoms with Crippen LogP contribution in [0.5, 0.6) is 0 Å². The standard InChI is InChI=1S/C11H8ClN3O6/c12-7-2-1-6(5-8(7)15(20)21)11(19)14-13-9(16)3-4-10(17)18/h1-5H,(H,13,16)(H,14,19)(H,17,18). The van der Waals surface area contributed by atoms with E-state index in [4.69, 9.17) is 16.7 Å². The number of carboxylic acids is 1. The average molecular weight is 314 g/mol. The number of carboxylic acid groups (broad SMARTS) is 1. The lowest BCUT2D eigenvalue weighted by Crippen LogP contribution is -2.40. The fourth-order valence-electron chi connectivity index (χ4n) is 1.17. The predicted molar refractivity (Wildman–Crippen MR) is 70.5 cm³/mol. The highest BCUT2D eigenvalue weighted by Gasteiger charge is 2.16. The van der Waals surface area contributed by atoms with E-state index < -0.39 is 28.4 Å². The van der Waals surface area contributed by atoms with Gasteiger partial charge in [0.2, 0.25) is 0 Å². The first kappa shape index (κ1) is 16.1. The Morgan fingerprint density at radius 3 is 2.48 bits per heavy atom. The molecule has 0 aliphatic rings. The van der Waals surface area contributed by atoms with E-state index in [0.29, 0.717) is 12.2 Å². The maximum absolute atomic E-state index is 11.6. The number of carbonyl (C=O) groups is 3. The Bertz CT molecular complexity index is 643. The fraction of sp³-hybridized carbons (Fsp3) is 0. The number of nitro groups is 1. The Morgan fingerprint density at radius 1 is 1.24 bits per heavy atom. The van der Waals surface area contributed by atoms with Gasteiger partial charge >= 0.3 is 5.97 Å². The zero-order chi connectivity index (χ0) is 16.0. The molecule has 0 radical (unpaired) electrons. The molecule has 0 bridgehead atoms. The molecule has 0 unspecified atom stereocenters. The summed E-state index contributed by atoms with van der Waals surface area (Å²) in [4.78, 5) is 42.8. The van der Waals surface area contributed by atoms with Gasteiger partial charge in [-0.1, -0.05) is 11.6 Å². The Labute approximate surface area is 122 Å². The highest BCUT2D eigenvalue weighted by atomic mass is 35.5. The summed E-state index contributed by atoms with van der Waals surface area (Å²) in [5.41, 5.74) is 3.31. The quantitative estimate of drug-likeness (QED) is 0.423. The third kappa shape index (κ3) is 4.91. The zero-order valence-corrected chi connectivity index (χ0v) is 11.0. The normalized spacial score (nSPS) is 10.1. The number of hydrogen-bond donors (Lipinski definition) is 3. The second-order valence-electron chi connectivity index (χ2n) is 3.54. The first-order chi connectivity index (χ1) is 9.81. The van der Waals surface area contributed by atoms with Crippen LogP contribution in [0.2, 0.25) is 5.02 Å². The molecule has 0 atom stereocenters. The molecule has 9 nitrogen and oxygen atoms in total. The van der Waals surface area contributed by atoms with Crippen LogP contribution in [-0.2, 0) is 9.59 Å². The number of rotatable bonds is 4. The minimum absolute atomic E-state index is 0.103. The van der Waals surface area contributed by atoms with Crippen LogP contribution in [0.25, 0.3) is 0 Å². The van der Waals surface area contributed by atoms with E-state index >= 15 is 0 Å². The SMILES string of the molecule is O=C(O)C=CC(=O)NNC(=O)c1ccc(Cl)c([N+](=O)[O-])c1. The van der Waals surface area contributed by atoms with Crippen molar-refractivity contribution < 1.29 is 24.4 Å². The third-order valence-corrected chi connectivity index (χ3v) is 2.40. The average Bonchev–Trinajstić information content (AvgIpc) is 2.42. The largest absolute Gasteiger partial charge is 0.478 e. The zero-order valence-electron chi connectivity index (χ0n) is 10.2. The predicted octanol–water partition coefficient (Wildman–Crippen LogP) is 0.650. The highest BCUT2D eigenvalue weighted by Crippen LogP contribution is 2.24. The van der Waals surface area contributed by atoms with Gasteiger partial charge in [0.05, 0.1) is 4.92 Å². The maximum atomic E-state index is 11.6. The number of hydrogen-bond acceptors (Lipinski definition) is 5. The summed E-state index contributed by atoms with van der Waals surface area (Å²) in [6.45, 7) is 0. The van der Waals surface area contributed by atoms with E-state index in [0.717, 1.165) is 6.07 Å². The molecule has 0 fully saturated rings. The molecular weight excluding hydrogens is 306 g/mol. The molecular formula is C11H8ClN3O6. The van der Waals surface area contributed by atoms with Gasteiger partial charge in [-0.15, -0.1) is 0 Å². The summed E-state index contributed by atoms with van der Waals surface area (Å²) in [5, 5.41) is 18.8. The lowest BCUT2D eigenvalue weighted by atomic mass is 10.2. The number of halogens is 1. The fourth-order valence-corrected chi connectivity index (χ4v) is 1.36. The van der Waals surface area contributed by atoms with Crippen molar-refractivity contribution in [3.63, 3.8) is 0 Å². The van der Waals surface area contributed by atoms with Gasteiger partial charge in [0, 0.05) is 23.8 Å². The number of carbonyl (C=O) groups excluding carboxylic acids is 2. The monoisotopic (exact) mass is 313 g/mol. The number of hydrazine groups is 1. The van der Waals surface area contributed by atoms with Crippen molar-refractivity contribution in [1.29, 1.82) is 0 Å². The van der Waals surface area contributed by atoms with Crippen LogP contribution in [0.15, 0.2) is 30.4 Å². The first-order valence-electron chi connectivity index (χ1n) is 5.26. The summed E-state index contributed by atoms with van der Waals surface area (Å²) in [7, 11) is 0. The molecule has 0 aromatic heterocycles. The number of nitrogens with zero attached hydrogens (tertiary/aromatic N) is 1. The molecule has 10 heteroatoms. The molecule has 0 aliphatic carbocycles. The molecule has 0 heterocycles. The van der Waals surface area contributed by atoms with E-state index in [9.17, 15) is 24.5 Å². The van der Waals surface area contributed by atoms with Crippen molar-refractivity contribution >= 4 is 35.1 Å². The summed E-state index contributed by atoms with van der Waals surface area (Å²) in [5.74, 6) is -3.04.